The Balaban J connectivity index is 2.00. The van der Waals surface area contributed by atoms with E-state index in [0.29, 0.717) is 12.6 Å². The molecule has 4 nitrogen and oxygen atoms in total. The number of primary amides is 1. The van der Waals surface area contributed by atoms with Gasteiger partial charge in [-0.25, -0.2) is 0 Å². The third-order valence-electron chi connectivity index (χ3n) is 3.26. The van der Waals surface area contributed by atoms with Gasteiger partial charge in [0.1, 0.15) is 6.04 Å². The smallest absolute Gasteiger partial charge is 0.236 e. The van der Waals surface area contributed by atoms with Crippen molar-refractivity contribution in [3.05, 3.63) is 30.3 Å². The number of carbonyl (C=O) groups is 1. The van der Waals surface area contributed by atoms with Gasteiger partial charge in [-0.15, -0.1) is 0 Å². The molecule has 1 aliphatic rings. The normalized spacial score (nSPS) is 16.3. The molecule has 0 saturated heterocycles. The maximum absolute atomic E-state index is 11.5. The van der Waals surface area contributed by atoms with Gasteiger partial charge >= 0.3 is 0 Å². The van der Waals surface area contributed by atoms with E-state index in [1.807, 2.05) is 18.2 Å². The molecule has 1 aliphatic carbocycles. The second-order valence-corrected chi connectivity index (χ2v) is 4.77. The van der Waals surface area contributed by atoms with Crippen molar-refractivity contribution in [2.75, 3.05) is 18.0 Å². The summed E-state index contributed by atoms with van der Waals surface area (Å²) in [7, 11) is 0. The molecule has 1 fully saturated rings. The Hall–Kier alpha value is -1.55. The summed E-state index contributed by atoms with van der Waals surface area (Å²) in [4.78, 5) is 13.6. The SMILES string of the molecule is CCN(CC(NC1CC1)C(N)=O)c1ccccc1. The van der Waals surface area contributed by atoms with Crippen LogP contribution in [0.5, 0.6) is 0 Å². The topological polar surface area (TPSA) is 58.4 Å². The Morgan fingerprint density at radius 2 is 2.11 bits per heavy atom. The molecule has 18 heavy (non-hydrogen) atoms. The summed E-state index contributed by atoms with van der Waals surface area (Å²) < 4.78 is 0. The van der Waals surface area contributed by atoms with Gasteiger partial charge < -0.3 is 16.0 Å². The van der Waals surface area contributed by atoms with Gasteiger partial charge in [0, 0.05) is 24.8 Å². The lowest BCUT2D eigenvalue weighted by Crippen LogP contribution is -2.50. The van der Waals surface area contributed by atoms with Crippen molar-refractivity contribution < 1.29 is 4.79 Å². The van der Waals surface area contributed by atoms with E-state index in [1.165, 1.54) is 0 Å². The van der Waals surface area contributed by atoms with E-state index in [-0.39, 0.29) is 11.9 Å². The first-order chi connectivity index (χ1) is 8.70. The number of carbonyl (C=O) groups excluding carboxylic acids is 1. The number of rotatable bonds is 7. The minimum atomic E-state index is -0.267. The molecule has 1 amide bonds. The van der Waals surface area contributed by atoms with E-state index >= 15 is 0 Å². The van der Waals surface area contributed by atoms with Crippen LogP contribution in [-0.2, 0) is 4.79 Å². The van der Waals surface area contributed by atoms with Crippen LogP contribution < -0.4 is 16.0 Å². The van der Waals surface area contributed by atoms with E-state index < -0.39 is 0 Å². The zero-order valence-electron chi connectivity index (χ0n) is 10.8. The molecule has 1 aromatic rings. The zero-order chi connectivity index (χ0) is 13.0. The van der Waals surface area contributed by atoms with Crippen LogP contribution in [0, 0.1) is 0 Å². The summed E-state index contributed by atoms with van der Waals surface area (Å²) in [5.74, 6) is -0.267. The van der Waals surface area contributed by atoms with Crippen LogP contribution in [0.2, 0.25) is 0 Å². The Labute approximate surface area is 108 Å². The van der Waals surface area contributed by atoms with Crippen LogP contribution >= 0.6 is 0 Å². The first-order valence-electron chi connectivity index (χ1n) is 6.56. The molecule has 0 bridgehead atoms. The maximum atomic E-state index is 11.5. The highest BCUT2D eigenvalue weighted by Crippen LogP contribution is 2.20. The van der Waals surface area contributed by atoms with E-state index in [4.69, 9.17) is 5.73 Å². The average Bonchev–Trinajstić information content (AvgIpc) is 3.19. The highest BCUT2D eigenvalue weighted by atomic mass is 16.1. The minimum Gasteiger partial charge on any atom is -0.370 e. The summed E-state index contributed by atoms with van der Waals surface area (Å²) in [5.41, 5.74) is 6.59. The fourth-order valence-corrected chi connectivity index (χ4v) is 2.04. The Kier molecular flexibility index (Phi) is 4.20. The molecule has 0 aromatic heterocycles. The molecule has 1 unspecified atom stereocenters. The molecule has 4 heteroatoms. The lowest BCUT2D eigenvalue weighted by molar-refractivity contribution is -0.119. The van der Waals surface area contributed by atoms with Crippen LogP contribution in [0.4, 0.5) is 5.69 Å². The zero-order valence-corrected chi connectivity index (χ0v) is 10.8. The lowest BCUT2D eigenvalue weighted by Gasteiger charge is -2.27. The van der Waals surface area contributed by atoms with Crippen LogP contribution in [0.25, 0.3) is 0 Å². The second kappa shape index (κ2) is 5.87. The highest BCUT2D eigenvalue weighted by Gasteiger charge is 2.28. The van der Waals surface area contributed by atoms with Gasteiger partial charge in [0.2, 0.25) is 5.91 Å². The molecule has 1 aromatic carbocycles. The average molecular weight is 247 g/mol. The highest BCUT2D eigenvalue weighted by molar-refractivity contribution is 5.80. The van der Waals surface area contributed by atoms with Crippen molar-refractivity contribution in [2.45, 2.75) is 31.8 Å². The monoisotopic (exact) mass is 247 g/mol. The van der Waals surface area contributed by atoms with Crippen molar-refractivity contribution in [1.29, 1.82) is 0 Å². The fourth-order valence-electron chi connectivity index (χ4n) is 2.04. The molecule has 1 atom stereocenters. The minimum absolute atomic E-state index is 0.266. The molecule has 0 spiro atoms. The predicted octanol–water partition coefficient (Wildman–Crippen LogP) is 1.12. The number of nitrogens with one attached hydrogen (secondary N) is 1. The van der Waals surface area contributed by atoms with Gasteiger partial charge in [0.25, 0.3) is 0 Å². The molecular weight excluding hydrogens is 226 g/mol. The molecule has 3 N–H and O–H groups in total. The third kappa shape index (κ3) is 3.47. The van der Waals surface area contributed by atoms with Crippen LogP contribution in [0.15, 0.2) is 30.3 Å². The molecule has 98 valence electrons. The van der Waals surface area contributed by atoms with Gasteiger partial charge in [0.15, 0.2) is 0 Å². The quantitative estimate of drug-likeness (QED) is 0.759. The van der Waals surface area contributed by atoms with Crippen LogP contribution in [0.1, 0.15) is 19.8 Å². The number of nitrogens with zero attached hydrogens (tertiary/aromatic N) is 1. The predicted molar refractivity (Wildman–Crippen MR) is 73.5 cm³/mol. The number of hydrogen-bond donors (Lipinski definition) is 2. The Bertz CT molecular complexity index is 389. The van der Waals surface area contributed by atoms with E-state index in [2.05, 4.69) is 29.3 Å². The number of anilines is 1. The summed E-state index contributed by atoms with van der Waals surface area (Å²) >= 11 is 0. The molecule has 1 saturated carbocycles. The number of hydrogen-bond acceptors (Lipinski definition) is 3. The van der Waals surface area contributed by atoms with Gasteiger partial charge in [-0.1, -0.05) is 18.2 Å². The van der Waals surface area contributed by atoms with Crippen molar-refractivity contribution in [3.8, 4) is 0 Å². The van der Waals surface area contributed by atoms with Gasteiger partial charge in [0.05, 0.1) is 0 Å². The van der Waals surface area contributed by atoms with Crippen molar-refractivity contribution in [2.24, 2.45) is 5.73 Å². The summed E-state index contributed by atoms with van der Waals surface area (Å²) in [6.45, 7) is 3.58. The maximum Gasteiger partial charge on any atom is 0.236 e. The van der Waals surface area contributed by atoms with E-state index in [9.17, 15) is 4.79 Å². The van der Waals surface area contributed by atoms with Gasteiger partial charge in [-0.3, -0.25) is 4.79 Å². The lowest BCUT2D eigenvalue weighted by atomic mass is 10.2. The third-order valence-corrected chi connectivity index (χ3v) is 3.26. The number of likely N-dealkylation sites (N-methyl/N-ethyl adjacent to an activating group) is 1. The van der Waals surface area contributed by atoms with Crippen molar-refractivity contribution >= 4 is 11.6 Å². The molecule has 0 radical (unpaired) electrons. The van der Waals surface area contributed by atoms with Crippen molar-refractivity contribution in [3.63, 3.8) is 0 Å². The second-order valence-electron chi connectivity index (χ2n) is 4.77. The van der Waals surface area contributed by atoms with Crippen LogP contribution in [-0.4, -0.2) is 31.1 Å². The van der Waals surface area contributed by atoms with Crippen molar-refractivity contribution in [1.82, 2.24) is 5.32 Å². The first kappa shape index (κ1) is 12.9. The summed E-state index contributed by atoms with van der Waals surface area (Å²) in [5, 5.41) is 3.31. The number of nitrogens with two attached hydrogens (primary N) is 1. The summed E-state index contributed by atoms with van der Waals surface area (Å²) in [6.07, 6.45) is 2.31. The summed E-state index contributed by atoms with van der Waals surface area (Å²) in [6, 6.07) is 10.3. The fraction of sp³-hybridized carbons (Fsp3) is 0.500. The van der Waals surface area contributed by atoms with E-state index in [0.717, 1.165) is 25.1 Å². The Morgan fingerprint density at radius 3 is 2.61 bits per heavy atom. The van der Waals surface area contributed by atoms with E-state index in [1.54, 1.807) is 0 Å². The standard InChI is InChI=1S/C14H21N3O/c1-2-17(12-6-4-3-5-7-12)10-13(14(15)18)16-11-8-9-11/h3-7,11,13,16H,2,8-10H2,1H3,(H2,15,18). The molecule has 0 heterocycles. The van der Waals surface area contributed by atoms with Crippen LogP contribution in [0.3, 0.4) is 0 Å². The number of benzene rings is 1. The largest absolute Gasteiger partial charge is 0.370 e. The molecule has 0 aliphatic heterocycles. The molecular formula is C14H21N3O. The Morgan fingerprint density at radius 1 is 1.44 bits per heavy atom. The number of para-hydroxylation sites is 1. The van der Waals surface area contributed by atoms with Gasteiger partial charge in [-0.2, -0.15) is 0 Å². The molecule has 2 rings (SSSR count). The number of amides is 1. The first-order valence-corrected chi connectivity index (χ1v) is 6.56. The van der Waals surface area contributed by atoms with Gasteiger partial charge in [-0.05, 0) is 31.9 Å².